The van der Waals surface area contributed by atoms with Crippen LogP contribution in [0.3, 0.4) is 0 Å². The predicted octanol–water partition coefficient (Wildman–Crippen LogP) is 3.58. The minimum absolute atomic E-state index is 0.240. The highest BCUT2D eigenvalue weighted by Gasteiger charge is 2.47. The number of rotatable bonds is 7. The van der Waals surface area contributed by atoms with Gasteiger partial charge in [-0.05, 0) is 69.3 Å². The highest BCUT2D eigenvalue weighted by Crippen LogP contribution is 2.29. The van der Waals surface area contributed by atoms with E-state index in [1.54, 1.807) is 32.9 Å². The molecule has 9 heteroatoms. The van der Waals surface area contributed by atoms with E-state index in [-0.39, 0.29) is 24.8 Å². The molecule has 4 amide bonds. The van der Waals surface area contributed by atoms with E-state index in [1.807, 2.05) is 0 Å². The summed E-state index contributed by atoms with van der Waals surface area (Å²) >= 11 is 0. The summed E-state index contributed by atoms with van der Waals surface area (Å²) in [6.45, 7) is 5.46. The van der Waals surface area contributed by atoms with Crippen molar-refractivity contribution in [2.45, 2.75) is 39.3 Å². The molecule has 1 N–H and O–H groups in total. The monoisotopic (exact) mass is 441 g/mol. The number of benzene rings is 2. The number of ether oxygens (including phenoxy) is 1. The molecule has 1 aliphatic heterocycles. The van der Waals surface area contributed by atoms with Crippen LogP contribution in [0.4, 0.5) is 20.6 Å². The Morgan fingerprint density at radius 1 is 1.06 bits per heavy atom. The second kappa shape index (κ2) is 9.59. The topological polar surface area (TPSA) is 96.0 Å². The zero-order valence-electron chi connectivity index (χ0n) is 18.0. The van der Waals surface area contributed by atoms with Crippen LogP contribution in [0, 0.1) is 5.82 Å². The van der Waals surface area contributed by atoms with Gasteiger partial charge >= 0.3 is 12.0 Å². The number of imide groups is 1. The maximum Gasteiger partial charge on any atom is 0.338 e. The molecule has 1 heterocycles. The molecule has 1 fully saturated rings. The number of hydrogen-bond donors (Lipinski definition) is 1. The van der Waals surface area contributed by atoms with Gasteiger partial charge in [-0.2, -0.15) is 0 Å². The first-order chi connectivity index (χ1) is 15.2. The number of hydrogen-bond acceptors (Lipinski definition) is 5. The summed E-state index contributed by atoms with van der Waals surface area (Å²) in [5, 5.41) is 2.67. The average molecular weight is 441 g/mol. The molecule has 8 nitrogen and oxygen atoms in total. The lowest BCUT2D eigenvalue weighted by Gasteiger charge is -2.25. The molecule has 0 spiro atoms. The van der Waals surface area contributed by atoms with E-state index in [4.69, 9.17) is 4.74 Å². The fraction of sp³-hybridized carbons (Fsp3) is 0.304. The Morgan fingerprint density at radius 2 is 1.69 bits per heavy atom. The van der Waals surface area contributed by atoms with Gasteiger partial charge in [0.25, 0.3) is 5.91 Å². The predicted molar refractivity (Wildman–Crippen MR) is 116 cm³/mol. The minimum atomic E-state index is -0.994. The molecule has 32 heavy (non-hydrogen) atoms. The Kier molecular flexibility index (Phi) is 6.87. The van der Waals surface area contributed by atoms with Crippen LogP contribution in [0.2, 0.25) is 0 Å². The number of urea groups is 1. The summed E-state index contributed by atoms with van der Waals surface area (Å²) in [6, 6.07) is 9.27. The van der Waals surface area contributed by atoms with E-state index < -0.39 is 35.7 Å². The van der Waals surface area contributed by atoms with Crippen molar-refractivity contribution < 1.29 is 28.3 Å². The Hall–Kier alpha value is -3.75. The minimum Gasteiger partial charge on any atom is -0.462 e. The number of nitrogens with one attached hydrogen (secondary N) is 1. The maximum absolute atomic E-state index is 13.3. The smallest absolute Gasteiger partial charge is 0.338 e. The Morgan fingerprint density at radius 3 is 2.25 bits per heavy atom. The van der Waals surface area contributed by atoms with Gasteiger partial charge < -0.3 is 15.0 Å². The van der Waals surface area contributed by atoms with E-state index in [0.717, 1.165) is 17.0 Å². The van der Waals surface area contributed by atoms with Crippen molar-refractivity contribution in [3.63, 3.8) is 0 Å². The number of carbonyl (C=O) groups excluding carboxylic acids is 4. The van der Waals surface area contributed by atoms with Gasteiger partial charge in [-0.1, -0.05) is 0 Å². The molecule has 0 saturated carbocycles. The van der Waals surface area contributed by atoms with Crippen LogP contribution in [-0.4, -0.2) is 47.4 Å². The highest BCUT2D eigenvalue weighted by molar-refractivity contribution is 6.22. The van der Waals surface area contributed by atoms with Gasteiger partial charge in [0, 0.05) is 11.7 Å². The normalized spacial score (nSPS) is 16.0. The lowest BCUT2D eigenvalue weighted by molar-refractivity contribution is -0.124. The van der Waals surface area contributed by atoms with E-state index in [1.165, 1.54) is 29.2 Å². The van der Waals surface area contributed by atoms with E-state index >= 15 is 0 Å². The number of esters is 1. The second-order valence-electron chi connectivity index (χ2n) is 7.50. The van der Waals surface area contributed by atoms with Gasteiger partial charge in [0.1, 0.15) is 11.9 Å². The zero-order valence-corrected chi connectivity index (χ0v) is 18.0. The van der Waals surface area contributed by atoms with Crippen LogP contribution < -0.4 is 10.2 Å². The molecule has 2 aromatic carbocycles. The van der Waals surface area contributed by atoms with Crippen molar-refractivity contribution in [2.24, 2.45) is 0 Å². The molecule has 3 rings (SSSR count). The van der Waals surface area contributed by atoms with Crippen LogP contribution in [0.5, 0.6) is 0 Å². The largest absolute Gasteiger partial charge is 0.462 e. The van der Waals surface area contributed by atoms with Crippen molar-refractivity contribution in [2.75, 3.05) is 16.8 Å². The SMILES string of the molecule is CCOC(=O)c1ccc(NC(=O)C[C@H]2C(=O)N(c3ccc(F)cc3)C(=O)N2C(C)C)cc1. The van der Waals surface area contributed by atoms with Crippen LogP contribution in [-0.2, 0) is 14.3 Å². The molecule has 0 radical (unpaired) electrons. The number of anilines is 2. The zero-order chi connectivity index (χ0) is 23.4. The summed E-state index contributed by atoms with van der Waals surface area (Å²) < 4.78 is 18.2. The highest BCUT2D eigenvalue weighted by atomic mass is 19.1. The van der Waals surface area contributed by atoms with Crippen molar-refractivity contribution in [1.29, 1.82) is 0 Å². The van der Waals surface area contributed by atoms with Gasteiger partial charge in [0.2, 0.25) is 5.91 Å². The van der Waals surface area contributed by atoms with E-state index in [0.29, 0.717) is 11.3 Å². The van der Waals surface area contributed by atoms with Gasteiger partial charge in [0.05, 0.1) is 24.3 Å². The van der Waals surface area contributed by atoms with E-state index in [9.17, 15) is 23.6 Å². The Bertz CT molecular complexity index is 1020. The van der Waals surface area contributed by atoms with Crippen molar-refractivity contribution in [3.8, 4) is 0 Å². The molecule has 0 unspecified atom stereocenters. The summed E-state index contributed by atoms with van der Waals surface area (Å²) in [7, 11) is 0. The third-order valence-electron chi connectivity index (χ3n) is 4.95. The van der Waals surface area contributed by atoms with Gasteiger partial charge in [0.15, 0.2) is 0 Å². The Balaban J connectivity index is 1.73. The summed E-state index contributed by atoms with van der Waals surface area (Å²) in [5.74, 6) is -1.97. The fourth-order valence-electron chi connectivity index (χ4n) is 3.50. The number of nitrogens with zero attached hydrogens (tertiary/aromatic N) is 2. The number of carbonyl (C=O) groups is 4. The Labute approximate surface area is 184 Å². The molecule has 1 saturated heterocycles. The third-order valence-corrected chi connectivity index (χ3v) is 4.95. The van der Waals surface area contributed by atoms with Gasteiger partial charge in [-0.25, -0.2) is 18.9 Å². The first-order valence-electron chi connectivity index (χ1n) is 10.2. The lowest BCUT2D eigenvalue weighted by atomic mass is 10.1. The van der Waals surface area contributed by atoms with E-state index in [2.05, 4.69) is 5.32 Å². The number of halogens is 1. The van der Waals surface area contributed by atoms with Crippen LogP contribution in [0.25, 0.3) is 0 Å². The molecule has 0 aromatic heterocycles. The summed E-state index contributed by atoms with van der Waals surface area (Å²) in [6.07, 6.45) is -0.250. The molecular formula is C23H24FN3O5. The van der Waals surface area contributed by atoms with Crippen molar-refractivity contribution >= 4 is 35.2 Å². The second-order valence-corrected chi connectivity index (χ2v) is 7.50. The first-order valence-corrected chi connectivity index (χ1v) is 10.2. The van der Waals surface area contributed by atoms with Crippen LogP contribution in [0.1, 0.15) is 37.6 Å². The number of amides is 4. The molecular weight excluding hydrogens is 417 g/mol. The van der Waals surface area contributed by atoms with Crippen LogP contribution >= 0.6 is 0 Å². The molecule has 2 aromatic rings. The average Bonchev–Trinajstić information content (AvgIpc) is 2.99. The fourth-order valence-corrected chi connectivity index (χ4v) is 3.50. The third kappa shape index (κ3) is 4.77. The molecule has 1 atom stereocenters. The van der Waals surface area contributed by atoms with Crippen molar-refractivity contribution in [1.82, 2.24) is 4.90 Å². The summed E-state index contributed by atoms with van der Waals surface area (Å²) in [4.78, 5) is 52.6. The van der Waals surface area contributed by atoms with Gasteiger partial charge in [-0.3, -0.25) is 9.59 Å². The molecule has 1 aliphatic rings. The quantitative estimate of drug-likeness (QED) is 0.523. The van der Waals surface area contributed by atoms with Crippen molar-refractivity contribution in [3.05, 3.63) is 59.9 Å². The molecule has 0 bridgehead atoms. The lowest BCUT2D eigenvalue weighted by Crippen LogP contribution is -2.42. The van der Waals surface area contributed by atoms with Gasteiger partial charge in [-0.15, -0.1) is 0 Å². The van der Waals surface area contributed by atoms with Crippen LogP contribution in [0.15, 0.2) is 48.5 Å². The summed E-state index contributed by atoms with van der Waals surface area (Å²) in [5.41, 5.74) is 1.03. The molecule has 0 aliphatic carbocycles. The first kappa shape index (κ1) is 22.9. The molecule has 168 valence electrons. The maximum atomic E-state index is 13.3. The standard InChI is InChI=1S/C23H24FN3O5/c1-4-32-22(30)15-5-9-17(10-6-15)25-20(28)13-19-21(29)27(23(31)26(19)14(2)3)18-11-7-16(24)8-12-18/h5-12,14,19H,4,13H2,1-3H3,(H,25,28)/t19-/m0/s1.